The highest BCUT2D eigenvalue weighted by Gasteiger charge is 2.21. The molecule has 0 saturated carbocycles. The van der Waals surface area contributed by atoms with Crippen LogP contribution < -0.4 is 10.2 Å². The van der Waals surface area contributed by atoms with Crippen LogP contribution in [0.15, 0.2) is 72.9 Å². The third-order valence-corrected chi connectivity index (χ3v) is 6.71. The van der Waals surface area contributed by atoms with Gasteiger partial charge in [0.25, 0.3) is 5.91 Å². The summed E-state index contributed by atoms with van der Waals surface area (Å²) in [5.41, 5.74) is 4.06. The summed E-state index contributed by atoms with van der Waals surface area (Å²) in [5, 5.41) is 3.25. The van der Waals surface area contributed by atoms with Gasteiger partial charge in [0, 0.05) is 56.1 Å². The summed E-state index contributed by atoms with van der Waals surface area (Å²) >= 11 is 0. The van der Waals surface area contributed by atoms with E-state index < -0.39 is 0 Å². The first kappa shape index (κ1) is 22.6. The molecular weight excluding hydrogens is 424 g/mol. The summed E-state index contributed by atoms with van der Waals surface area (Å²) in [4.78, 5) is 22.3. The number of hydrogen-bond donors (Lipinski definition) is 1. The van der Waals surface area contributed by atoms with Crippen LogP contribution in [0.5, 0.6) is 0 Å². The van der Waals surface area contributed by atoms with Gasteiger partial charge in [0.2, 0.25) is 0 Å². The summed E-state index contributed by atoms with van der Waals surface area (Å²) in [6.07, 6.45) is 3.85. The van der Waals surface area contributed by atoms with Crippen molar-refractivity contribution in [1.29, 1.82) is 0 Å². The van der Waals surface area contributed by atoms with Crippen LogP contribution in [-0.2, 0) is 11.3 Å². The molecule has 2 saturated heterocycles. The maximum Gasteiger partial charge on any atom is 0.251 e. The number of hydrogen-bond acceptors (Lipinski definition) is 5. The SMILES string of the molecule is O=C(NC1CCN(Cc2ccccc2)CC1)c1cccc(-c2ccc(N3CCOCC3)nc2)c1. The van der Waals surface area contributed by atoms with Gasteiger partial charge in [-0.1, -0.05) is 42.5 Å². The van der Waals surface area contributed by atoms with Crippen molar-refractivity contribution in [3.63, 3.8) is 0 Å². The first-order valence-electron chi connectivity index (χ1n) is 12.2. The van der Waals surface area contributed by atoms with Crippen molar-refractivity contribution in [2.45, 2.75) is 25.4 Å². The minimum Gasteiger partial charge on any atom is -0.378 e. The van der Waals surface area contributed by atoms with Crippen LogP contribution in [0.25, 0.3) is 11.1 Å². The number of carbonyl (C=O) groups is 1. The maximum atomic E-state index is 13.0. The molecule has 1 aromatic heterocycles. The molecule has 176 valence electrons. The van der Waals surface area contributed by atoms with Gasteiger partial charge in [-0.25, -0.2) is 4.98 Å². The van der Waals surface area contributed by atoms with Crippen molar-refractivity contribution >= 4 is 11.7 Å². The molecule has 0 aliphatic carbocycles. The van der Waals surface area contributed by atoms with Gasteiger partial charge in [-0.05, 0) is 48.2 Å². The van der Waals surface area contributed by atoms with Crippen molar-refractivity contribution < 1.29 is 9.53 Å². The number of pyridine rings is 1. The minimum absolute atomic E-state index is 0.00116. The highest BCUT2D eigenvalue weighted by Crippen LogP contribution is 2.23. The molecule has 34 heavy (non-hydrogen) atoms. The van der Waals surface area contributed by atoms with E-state index in [0.717, 1.165) is 75.7 Å². The summed E-state index contributed by atoms with van der Waals surface area (Å²) in [6.45, 7) is 6.20. The summed E-state index contributed by atoms with van der Waals surface area (Å²) in [7, 11) is 0. The average molecular weight is 457 g/mol. The minimum atomic E-state index is 0.00116. The average Bonchev–Trinajstić information content (AvgIpc) is 2.91. The van der Waals surface area contributed by atoms with E-state index in [-0.39, 0.29) is 11.9 Å². The molecule has 3 heterocycles. The number of nitrogens with zero attached hydrogens (tertiary/aromatic N) is 3. The van der Waals surface area contributed by atoms with Crippen LogP contribution in [0, 0.1) is 0 Å². The second-order valence-electron chi connectivity index (χ2n) is 9.09. The number of likely N-dealkylation sites (tertiary alicyclic amines) is 1. The number of aromatic nitrogens is 1. The van der Waals surface area contributed by atoms with E-state index in [1.54, 1.807) is 0 Å². The lowest BCUT2D eigenvalue weighted by Gasteiger charge is -2.32. The topological polar surface area (TPSA) is 57.7 Å². The van der Waals surface area contributed by atoms with Gasteiger partial charge in [-0.2, -0.15) is 0 Å². The Morgan fingerprint density at radius 3 is 2.44 bits per heavy atom. The molecule has 2 aliphatic heterocycles. The first-order valence-corrected chi connectivity index (χ1v) is 12.2. The Kier molecular flexibility index (Phi) is 7.17. The number of morpholine rings is 1. The predicted octanol–water partition coefficient (Wildman–Crippen LogP) is 3.98. The zero-order valence-corrected chi connectivity index (χ0v) is 19.5. The molecule has 0 spiro atoms. The van der Waals surface area contributed by atoms with Gasteiger partial charge in [0.1, 0.15) is 5.82 Å². The Hall–Kier alpha value is -3.22. The molecule has 1 N–H and O–H groups in total. The van der Waals surface area contributed by atoms with Crippen molar-refractivity contribution in [3.8, 4) is 11.1 Å². The Labute approximate surface area is 201 Å². The van der Waals surface area contributed by atoms with E-state index in [1.165, 1.54) is 5.56 Å². The Balaban J connectivity index is 1.16. The first-order chi connectivity index (χ1) is 16.7. The largest absolute Gasteiger partial charge is 0.378 e. The number of amides is 1. The fraction of sp³-hybridized carbons (Fsp3) is 0.357. The number of carbonyl (C=O) groups excluding carboxylic acids is 1. The maximum absolute atomic E-state index is 13.0. The fourth-order valence-electron chi connectivity index (χ4n) is 4.72. The molecule has 0 bridgehead atoms. The summed E-state index contributed by atoms with van der Waals surface area (Å²) in [5.74, 6) is 0.973. The van der Waals surface area contributed by atoms with E-state index in [9.17, 15) is 4.79 Å². The van der Waals surface area contributed by atoms with Crippen molar-refractivity contribution in [2.24, 2.45) is 0 Å². The highest BCUT2D eigenvalue weighted by molar-refractivity contribution is 5.95. The Morgan fingerprint density at radius 2 is 1.71 bits per heavy atom. The number of ether oxygens (including phenoxy) is 1. The molecule has 2 fully saturated rings. The second-order valence-corrected chi connectivity index (χ2v) is 9.09. The highest BCUT2D eigenvalue weighted by atomic mass is 16.5. The molecule has 6 heteroatoms. The molecule has 2 aromatic carbocycles. The van der Waals surface area contributed by atoms with Crippen LogP contribution in [0.3, 0.4) is 0 Å². The number of benzene rings is 2. The van der Waals surface area contributed by atoms with Crippen molar-refractivity contribution in [3.05, 3.63) is 84.1 Å². The van der Waals surface area contributed by atoms with E-state index in [0.29, 0.717) is 5.56 Å². The molecule has 6 nitrogen and oxygen atoms in total. The monoisotopic (exact) mass is 456 g/mol. The lowest BCUT2D eigenvalue weighted by atomic mass is 10.0. The zero-order chi connectivity index (χ0) is 23.2. The van der Waals surface area contributed by atoms with Crippen molar-refractivity contribution in [2.75, 3.05) is 44.3 Å². The van der Waals surface area contributed by atoms with Gasteiger partial charge >= 0.3 is 0 Å². The lowest BCUT2D eigenvalue weighted by Crippen LogP contribution is -2.44. The molecule has 0 unspecified atom stereocenters. The Bertz CT molecular complexity index is 1070. The fourth-order valence-corrected chi connectivity index (χ4v) is 4.72. The zero-order valence-electron chi connectivity index (χ0n) is 19.5. The molecule has 0 radical (unpaired) electrons. The van der Waals surface area contributed by atoms with E-state index in [1.807, 2.05) is 30.5 Å². The van der Waals surface area contributed by atoms with E-state index >= 15 is 0 Å². The number of anilines is 1. The van der Waals surface area contributed by atoms with Gasteiger partial charge in [-0.15, -0.1) is 0 Å². The summed E-state index contributed by atoms with van der Waals surface area (Å²) in [6, 6.07) is 22.8. The van der Waals surface area contributed by atoms with E-state index in [2.05, 4.69) is 62.6 Å². The molecule has 2 aliphatic rings. The molecule has 0 atom stereocenters. The second kappa shape index (κ2) is 10.8. The molecular formula is C28H32N4O2. The van der Waals surface area contributed by atoms with Gasteiger partial charge in [0.05, 0.1) is 13.2 Å². The predicted molar refractivity (Wildman–Crippen MR) is 135 cm³/mol. The van der Waals surface area contributed by atoms with Crippen LogP contribution in [0.2, 0.25) is 0 Å². The van der Waals surface area contributed by atoms with Gasteiger partial charge in [-0.3, -0.25) is 9.69 Å². The third kappa shape index (κ3) is 5.64. The number of rotatable bonds is 6. The summed E-state index contributed by atoms with van der Waals surface area (Å²) < 4.78 is 5.42. The smallest absolute Gasteiger partial charge is 0.251 e. The Morgan fingerprint density at radius 1 is 0.912 bits per heavy atom. The lowest BCUT2D eigenvalue weighted by molar-refractivity contribution is 0.0909. The molecule has 5 rings (SSSR count). The van der Waals surface area contributed by atoms with Gasteiger partial charge in [0.15, 0.2) is 0 Å². The van der Waals surface area contributed by atoms with Crippen molar-refractivity contribution in [1.82, 2.24) is 15.2 Å². The van der Waals surface area contributed by atoms with E-state index in [4.69, 9.17) is 4.74 Å². The third-order valence-electron chi connectivity index (χ3n) is 6.71. The molecule has 3 aromatic rings. The standard InChI is InChI=1S/C28H32N4O2/c33-28(30-26-11-13-31(14-12-26)21-22-5-2-1-3-6-22)24-8-4-7-23(19-24)25-9-10-27(29-20-25)32-15-17-34-18-16-32/h1-10,19-20,26H,11-18,21H2,(H,30,33). The normalized spacial score (nSPS) is 17.5. The van der Waals surface area contributed by atoms with Crippen LogP contribution in [-0.4, -0.2) is 61.2 Å². The van der Waals surface area contributed by atoms with Gasteiger partial charge < -0.3 is 15.0 Å². The van der Waals surface area contributed by atoms with Crippen LogP contribution >= 0.6 is 0 Å². The van der Waals surface area contributed by atoms with Crippen LogP contribution in [0.1, 0.15) is 28.8 Å². The quantitative estimate of drug-likeness (QED) is 0.608. The number of nitrogens with one attached hydrogen (secondary N) is 1. The van der Waals surface area contributed by atoms with Crippen LogP contribution in [0.4, 0.5) is 5.82 Å². The number of piperidine rings is 1. The molecule has 1 amide bonds.